The summed E-state index contributed by atoms with van der Waals surface area (Å²) < 4.78 is 14.2. The lowest BCUT2D eigenvalue weighted by molar-refractivity contribution is -0.124. The number of hydrogen-bond donors (Lipinski definition) is 0. The lowest BCUT2D eigenvalue weighted by Gasteiger charge is -2.38. The van der Waals surface area contributed by atoms with Gasteiger partial charge in [0.25, 0.3) is 0 Å². The quantitative estimate of drug-likeness (QED) is 0.504. The highest BCUT2D eigenvalue weighted by Gasteiger charge is 2.34. The number of piperidine rings is 1. The van der Waals surface area contributed by atoms with Crippen LogP contribution >= 0.6 is 0 Å². The third kappa shape index (κ3) is 5.86. The van der Waals surface area contributed by atoms with Gasteiger partial charge in [0.2, 0.25) is 5.91 Å². The molecule has 2 aromatic rings. The summed E-state index contributed by atoms with van der Waals surface area (Å²) in [5.74, 6) is 0.201. The summed E-state index contributed by atoms with van der Waals surface area (Å²) in [7, 11) is 2.13. The zero-order valence-electron chi connectivity index (χ0n) is 20.2. The van der Waals surface area contributed by atoms with E-state index in [0.717, 1.165) is 48.3 Å². The van der Waals surface area contributed by atoms with Crippen molar-refractivity contribution in [3.05, 3.63) is 70.5 Å². The van der Waals surface area contributed by atoms with E-state index in [2.05, 4.69) is 57.0 Å². The fourth-order valence-corrected chi connectivity index (χ4v) is 4.80. The standard InChI is InChI=1S/C28H37FN2O/c1-6-30(5)14-10-9-11-23-15-20(2)27(21(3)16-23)31-19-24(17-22(4)28(31)32)18-25-12-7-8-13-26(25)29/h7-9,11-13,15-16,22,24H,6,10,14,17-19H2,1-5H3/b11-9+/t22-,24-/m1/s1. The maximum atomic E-state index is 14.2. The Kier molecular flexibility index (Phi) is 8.25. The zero-order valence-corrected chi connectivity index (χ0v) is 20.2. The molecule has 0 aliphatic carbocycles. The number of hydrogen-bond acceptors (Lipinski definition) is 2. The summed E-state index contributed by atoms with van der Waals surface area (Å²) in [6.07, 6.45) is 6.87. The number of carbonyl (C=O) groups excluding carboxylic acids is 1. The van der Waals surface area contributed by atoms with Gasteiger partial charge in [0, 0.05) is 24.7 Å². The predicted molar refractivity (Wildman–Crippen MR) is 132 cm³/mol. The van der Waals surface area contributed by atoms with Gasteiger partial charge in [0.05, 0.1) is 0 Å². The first kappa shape index (κ1) is 24.2. The molecule has 1 aliphatic heterocycles. The lowest BCUT2D eigenvalue weighted by Crippen LogP contribution is -2.46. The van der Waals surface area contributed by atoms with E-state index in [0.29, 0.717) is 13.0 Å². The first-order valence-electron chi connectivity index (χ1n) is 11.8. The highest BCUT2D eigenvalue weighted by molar-refractivity contribution is 5.97. The molecule has 1 fully saturated rings. The Hall–Kier alpha value is -2.46. The number of aryl methyl sites for hydroxylation is 2. The third-order valence-electron chi connectivity index (χ3n) is 6.59. The lowest BCUT2D eigenvalue weighted by atomic mass is 9.84. The van der Waals surface area contributed by atoms with Crippen molar-refractivity contribution < 1.29 is 9.18 Å². The van der Waals surface area contributed by atoms with E-state index >= 15 is 0 Å². The molecule has 32 heavy (non-hydrogen) atoms. The van der Waals surface area contributed by atoms with Crippen LogP contribution in [0, 0.1) is 31.5 Å². The smallest absolute Gasteiger partial charge is 0.229 e. The molecule has 1 saturated heterocycles. The van der Waals surface area contributed by atoms with Crippen LogP contribution < -0.4 is 4.90 Å². The van der Waals surface area contributed by atoms with Crippen molar-refractivity contribution in [2.24, 2.45) is 11.8 Å². The molecular formula is C28H37FN2O. The van der Waals surface area contributed by atoms with Crippen LogP contribution in [0.5, 0.6) is 0 Å². The maximum absolute atomic E-state index is 14.2. The Morgan fingerprint density at radius 1 is 1.19 bits per heavy atom. The van der Waals surface area contributed by atoms with Crippen LogP contribution in [0.15, 0.2) is 42.5 Å². The molecule has 0 aromatic heterocycles. The molecule has 1 amide bonds. The number of nitrogens with zero attached hydrogens (tertiary/aromatic N) is 2. The first-order valence-corrected chi connectivity index (χ1v) is 11.8. The topological polar surface area (TPSA) is 23.6 Å². The highest BCUT2D eigenvalue weighted by Crippen LogP contribution is 2.34. The fraction of sp³-hybridized carbons (Fsp3) is 0.464. The van der Waals surface area contributed by atoms with Crippen molar-refractivity contribution in [3.63, 3.8) is 0 Å². The van der Waals surface area contributed by atoms with Crippen molar-refractivity contribution in [3.8, 4) is 0 Å². The average molecular weight is 437 g/mol. The molecule has 1 aliphatic rings. The normalized spacial score (nSPS) is 19.3. The minimum absolute atomic E-state index is 0.0607. The third-order valence-corrected chi connectivity index (χ3v) is 6.59. The second kappa shape index (κ2) is 10.9. The minimum atomic E-state index is -0.155. The minimum Gasteiger partial charge on any atom is -0.311 e. The van der Waals surface area contributed by atoms with Gasteiger partial charge in [-0.2, -0.15) is 0 Å². The maximum Gasteiger partial charge on any atom is 0.229 e. The van der Waals surface area contributed by atoms with Crippen LogP contribution in [-0.2, 0) is 11.2 Å². The second-order valence-corrected chi connectivity index (χ2v) is 9.34. The van der Waals surface area contributed by atoms with Gasteiger partial charge in [-0.25, -0.2) is 4.39 Å². The largest absolute Gasteiger partial charge is 0.311 e. The van der Waals surface area contributed by atoms with E-state index in [1.807, 2.05) is 24.0 Å². The molecule has 2 aromatic carbocycles. The van der Waals surface area contributed by atoms with Crippen molar-refractivity contribution in [1.29, 1.82) is 0 Å². The van der Waals surface area contributed by atoms with E-state index < -0.39 is 0 Å². The van der Waals surface area contributed by atoms with Crippen LogP contribution in [0.4, 0.5) is 10.1 Å². The van der Waals surface area contributed by atoms with Crippen LogP contribution in [0.2, 0.25) is 0 Å². The van der Waals surface area contributed by atoms with Gasteiger partial charge >= 0.3 is 0 Å². The van der Waals surface area contributed by atoms with Gasteiger partial charge in [-0.15, -0.1) is 0 Å². The second-order valence-electron chi connectivity index (χ2n) is 9.34. The first-order chi connectivity index (χ1) is 15.3. The molecule has 3 nitrogen and oxygen atoms in total. The Morgan fingerprint density at radius 3 is 2.53 bits per heavy atom. The van der Waals surface area contributed by atoms with Gasteiger partial charge in [-0.1, -0.05) is 44.2 Å². The van der Waals surface area contributed by atoms with Crippen LogP contribution in [-0.4, -0.2) is 37.5 Å². The van der Waals surface area contributed by atoms with Crippen molar-refractivity contribution in [1.82, 2.24) is 4.90 Å². The summed E-state index contributed by atoms with van der Waals surface area (Å²) in [5.41, 5.74) is 5.15. The van der Waals surface area contributed by atoms with Gasteiger partial charge in [0.1, 0.15) is 5.82 Å². The van der Waals surface area contributed by atoms with Crippen molar-refractivity contribution in [2.75, 3.05) is 31.6 Å². The summed E-state index contributed by atoms with van der Waals surface area (Å²) in [6, 6.07) is 11.3. The molecule has 2 atom stereocenters. The molecule has 3 rings (SSSR count). The molecular weight excluding hydrogens is 399 g/mol. The molecule has 0 spiro atoms. The van der Waals surface area contributed by atoms with Crippen LogP contribution in [0.1, 0.15) is 48.9 Å². The predicted octanol–water partition coefficient (Wildman–Crippen LogP) is 6.03. The Morgan fingerprint density at radius 2 is 1.88 bits per heavy atom. The van der Waals surface area contributed by atoms with E-state index in [4.69, 9.17) is 0 Å². The molecule has 0 bridgehead atoms. The molecule has 172 valence electrons. The number of halogens is 1. The number of amides is 1. The van der Waals surface area contributed by atoms with Crippen molar-refractivity contribution >= 4 is 17.7 Å². The monoisotopic (exact) mass is 436 g/mol. The number of anilines is 1. The summed E-state index contributed by atoms with van der Waals surface area (Å²) in [4.78, 5) is 17.4. The molecule has 0 N–H and O–H groups in total. The molecule has 4 heteroatoms. The highest BCUT2D eigenvalue weighted by atomic mass is 19.1. The zero-order chi connectivity index (χ0) is 23.3. The molecule has 0 unspecified atom stereocenters. The average Bonchev–Trinajstić information content (AvgIpc) is 2.75. The van der Waals surface area contributed by atoms with Crippen molar-refractivity contribution in [2.45, 2.75) is 47.0 Å². The summed E-state index contributed by atoms with van der Waals surface area (Å²) in [6.45, 7) is 11.1. The summed E-state index contributed by atoms with van der Waals surface area (Å²) >= 11 is 0. The fourth-order valence-electron chi connectivity index (χ4n) is 4.80. The number of carbonyl (C=O) groups is 1. The van der Waals surface area contributed by atoms with Crippen LogP contribution in [0.3, 0.4) is 0 Å². The van der Waals surface area contributed by atoms with Gasteiger partial charge < -0.3 is 9.80 Å². The van der Waals surface area contributed by atoms with E-state index in [1.165, 1.54) is 11.6 Å². The van der Waals surface area contributed by atoms with Gasteiger partial charge in [-0.05, 0) is 93.1 Å². The van der Waals surface area contributed by atoms with E-state index in [9.17, 15) is 9.18 Å². The van der Waals surface area contributed by atoms with E-state index in [1.54, 1.807) is 6.07 Å². The van der Waals surface area contributed by atoms with Gasteiger partial charge in [-0.3, -0.25) is 4.79 Å². The number of benzene rings is 2. The Bertz CT molecular complexity index is 945. The number of rotatable bonds is 8. The molecule has 0 saturated carbocycles. The SMILES string of the molecule is CCN(C)CC/C=C/c1cc(C)c(N2C[C@@H](Cc3ccccc3F)C[C@@H](C)C2=O)c(C)c1. The Balaban J connectivity index is 1.78. The van der Waals surface area contributed by atoms with Gasteiger partial charge in [0.15, 0.2) is 0 Å². The molecule has 1 heterocycles. The van der Waals surface area contributed by atoms with Crippen LogP contribution in [0.25, 0.3) is 6.08 Å². The molecule has 0 radical (unpaired) electrons. The summed E-state index contributed by atoms with van der Waals surface area (Å²) in [5, 5.41) is 0. The van der Waals surface area contributed by atoms with E-state index in [-0.39, 0.29) is 23.6 Å². The Labute approximate surface area is 192 Å².